The molecule has 1 aliphatic heterocycles. The molecular weight excluding hydrogens is 325 g/mol. The molecule has 1 heterocycles. The van der Waals surface area contributed by atoms with Crippen LogP contribution in [0, 0.1) is 15.9 Å². The van der Waals surface area contributed by atoms with Gasteiger partial charge in [0.1, 0.15) is 11.5 Å². The molecule has 0 saturated carbocycles. The van der Waals surface area contributed by atoms with Gasteiger partial charge in [0.25, 0.3) is 5.69 Å². The van der Waals surface area contributed by atoms with Crippen molar-refractivity contribution < 1.29 is 14.4 Å². The number of nitrogens with zero attached hydrogens (tertiary/aromatic N) is 2. The SMILES string of the molecule is O=[N+]([O-])c1ccc(CO)cc1N1CCC(Nc2ccccc2F)CC1. The van der Waals surface area contributed by atoms with Gasteiger partial charge in [0, 0.05) is 25.2 Å². The van der Waals surface area contributed by atoms with Gasteiger partial charge in [-0.15, -0.1) is 0 Å². The fourth-order valence-corrected chi connectivity index (χ4v) is 3.14. The molecule has 2 aromatic carbocycles. The van der Waals surface area contributed by atoms with Crippen molar-refractivity contribution in [3.8, 4) is 0 Å². The number of aliphatic hydroxyl groups is 1. The number of nitro groups is 1. The molecule has 1 fully saturated rings. The number of nitro benzene ring substituents is 1. The Hall–Kier alpha value is -2.67. The van der Waals surface area contributed by atoms with E-state index in [1.165, 1.54) is 12.1 Å². The van der Waals surface area contributed by atoms with Gasteiger partial charge in [0.15, 0.2) is 0 Å². The Balaban J connectivity index is 1.70. The normalized spacial score (nSPS) is 15.2. The predicted octanol–water partition coefficient (Wildman–Crippen LogP) is 3.31. The molecule has 132 valence electrons. The lowest BCUT2D eigenvalue weighted by Crippen LogP contribution is -2.39. The summed E-state index contributed by atoms with van der Waals surface area (Å²) < 4.78 is 13.7. The van der Waals surface area contributed by atoms with Crippen LogP contribution in [-0.4, -0.2) is 29.2 Å². The maximum absolute atomic E-state index is 13.7. The summed E-state index contributed by atoms with van der Waals surface area (Å²) >= 11 is 0. The first kappa shape index (κ1) is 17.2. The monoisotopic (exact) mass is 345 g/mol. The highest BCUT2D eigenvalue weighted by atomic mass is 19.1. The van der Waals surface area contributed by atoms with Crippen LogP contribution < -0.4 is 10.2 Å². The Kier molecular flexibility index (Phi) is 5.14. The summed E-state index contributed by atoms with van der Waals surface area (Å²) in [5.41, 5.74) is 1.69. The van der Waals surface area contributed by atoms with Crippen molar-refractivity contribution in [1.29, 1.82) is 0 Å². The van der Waals surface area contributed by atoms with Gasteiger partial charge < -0.3 is 15.3 Å². The molecule has 0 amide bonds. The van der Waals surface area contributed by atoms with E-state index >= 15 is 0 Å². The number of anilines is 2. The molecule has 6 nitrogen and oxygen atoms in total. The van der Waals surface area contributed by atoms with Gasteiger partial charge in [-0.3, -0.25) is 10.1 Å². The van der Waals surface area contributed by atoms with E-state index in [1.807, 2.05) is 4.90 Å². The average molecular weight is 345 g/mol. The first-order valence-corrected chi connectivity index (χ1v) is 8.22. The van der Waals surface area contributed by atoms with Crippen molar-refractivity contribution in [1.82, 2.24) is 0 Å². The van der Waals surface area contributed by atoms with Crippen molar-refractivity contribution in [2.45, 2.75) is 25.5 Å². The van der Waals surface area contributed by atoms with E-state index in [4.69, 9.17) is 0 Å². The molecule has 2 aromatic rings. The van der Waals surface area contributed by atoms with Crippen molar-refractivity contribution >= 4 is 17.1 Å². The summed E-state index contributed by atoms with van der Waals surface area (Å²) in [6.45, 7) is 1.10. The van der Waals surface area contributed by atoms with E-state index in [2.05, 4.69) is 5.32 Å². The number of hydrogen-bond acceptors (Lipinski definition) is 5. The molecule has 7 heteroatoms. The molecule has 0 atom stereocenters. The maximum Gasteiger partial charge on any atom is 0.292 e. The van der Waals surface area contributed by atoms with E-state index in [1.54, 1.807) is 30.3 Å². The van der Waals surface area contributed by atoms with Gasteiger partial charge in [-0.25, -0.2) is 4.39 Å². The van der Waals surface area contributed by atoms with Crippen molar-refractivity contribution in [2.75, 3.05) is 23.3 Å². The molecular formula is C18H20FN3O3. The van der Waals surface area contributed by atoms with Crippen molar-refractivity contribution in [3.05, 3.63) is 64.0 Å². The van der Waals surface area contributed by atoms with Crippen LogP contribution >= 0.6 is 0 Å². The highest BCUT2D eigenvalue weighted by molar-refractivity contribution is 5.65. The molecule has 1 aliphatic rings. The van der Waals surface area contributed by atoms with Crippen LogP contribution in [0.1, 0.15) is 18.4 Å². The lowest BCUT2D eigenvalue weighted by atomic mass is 10.0. The quantitative estimate of drug-likeness (QED) is 0.642. The lowest BCUT2D eigenvalue weighted by molar-refractivity contribution is -0.384. The van der Waals surface area contributed by atoms with Crippen LogP contribution in [0.4, 0.5) is 21.5 Å². The third kappa shape index (κ3) is 3.88. The van der Waals surface area contributed by atoms with Gasteiger partial charge in [-0.05, 0) is 42.7 Å². The second-order valence-corrected chi connectivity index (χ2v) is 6.12. The summed E-state index contributed by atoms with van der Waals surface area (Å²) in [4.78, 5) is 12.8. The number of benzene rings is 2. The number of nitrogens with one attached hydrogen (secondary N) is 1. The number of halogens is 1. The van der Waals surface area contributed by atoms with Crippen LogP contribution in [0.25, 0.3) is 0 Å². The highest BCUT2D eigenvalue weighted by Gasteiger charge is 2.25. The smallest absolute Gasteiger partial charge is 0.292 e. The molecule has 0 spiro atoms. The Bertz CT molecular complexity index is 761. The van der Waals surface area contributed by atoms with Crippen molar-refractivity contribution in [2.24, 2.45) is 0 Å². The molecule has 0 bridgehead atoms. The maximum atomic E-state index is 13.7. The molecule has 25 heavy (non-hydrogen) atoms. The van der Waals surface area contributed by atoms with Crippen LogP contribution in [0.2, 0.25) is 0 Å². The van der Waals surface area contributed by atoms with Gasteiger partial charge in [-0.1, -0.05) is 12.1 Å². The van der Waals surface area contributed by atoms with E-state index < -0.39 is 4.92 Å². The molecule has 0 unspecified atom stereocenters. The topological polar surface area (TPSA) is 78.6 Å². The minimum atomic E-state index is -0.403. The Morgan fingerprint density at radius 1 is 1.24 bits per heavy atom. The highest BCUT2D eigenvalue weighted by Crippen LogP contribution is 2.32. The van der Waals surface area contributed by atoms with Gasteiger partial charge in [0.2, 0.25) is 0 Å². The number of para-hydroxylation sites is 1. The van der Waals surface area contributed by atoms with Crippen molar-refractivity contribution in [3.63, 3.8) is 0 Å². The summed E-state index contributed by atoms with van der Waals surface area (Å²) in [7, 11) is 0. The van der Waals surface area contributed by atoms with Gasteiger partial charge >= 0.3 is 0 Å². The summed E-state index contributed by atoms with van der Waals surface area (Å²) in [6.07, 6.45) is 1.49. The zero-order chi connectivity index (χ0) is 17.8. The molecule has 0 aromatic heterocycles. The lowest BCUT2D eigenvalue weighted by Gasteiger charge is -2.34. The Labute approximate surface area is 145 Å². The number of aliphatic hydroxyl groups excluding tert-OH is 1. The van der Waals surface area contributed by atoms with Crippen LogP contribution in [-0.2, 0) is 6.61 Å². The van der Waals surface area contributed by atoms with E-state index in [9.17, 15) is 19.6 Å². The molecule has 0 radical (unpaired) electrons. The average Bonchev–Trinajstić information content (AvgIpc) is 2.63. The standard InChI is InChI=1S/C18H20FN3O3/c19-15-3-1-2-4-16(15)20-14-7-9-21(10-8-14)18-11-13(12-23)5-6-17(18)22(24)25/h1-6,11,14,20,23H,7-10,12H2. The zero-order valence-corrected chi connectivity index (χ0v) is 13.7. The van der Waals surface area contributed by atoms with Crippen LogP contribution in [0.15, 0.2) is 42.5 Å². The molecule has 0 aliphatic carbocycles. The predicted molar refractivity (Wildman–Crippen MR) is 94.3 cm³/mol. The molecule has 3 rings (SSSR count). The Morgan fingerprint density at radius 3 is 2.60 bits per heavy atom. The van der Waals surface area contributed by atoms with E-state index in [0.717, 1.165) is 12.8 Å². The first-order chi connectivity index (χ1) is 12.1. The zero-order valence-electron chi connectivity index (χ0n) is 13.7. The van der Waals surface area contributed by atoms with Crippen LogP contribution in [0.3, 0.4) is 0 Å². The minimum Gasteiger partial charge on any atom is -0.392 e. The number of hydrogen-bond donors (Lipinski definition) is 2. The van der Waals surface area contributed by atoms with Gasteiger partial charge in [0.05, 0.1) is 17.2 Å². The molecule has 1 saturated heterocycles. The van der Waals surface area contributed by atoms with Gasteiger partial charge in [-0.2, -0.15) is 0 Å². The second kappa shape index (κ2) is 7.48. The first-order valence-electron chi connectivity index (χ1n) is 8.22. The largest absolute Gasteiger partial charge is 0.392 e. The second-order valence-electron chi connectivity index (χ2n) is 6.12. The third-order valence-corrected chi connectivity index (χ3v) is 4.49. The molecule has 2 N–H and O–H groups in total. The summed E-state index contributed by atoms with van der Waals surface area (Å²) in [6, 6.07) is 11.3. The summed E-state index contributed by atoms with van der Waals surface area (Å²) in [5.74, 6) is -0.281. The summed E-state index contributed by atoms with van der Waals surface area (Å²) in [5, 5.41) is 23.8. The van der Waals surface area contributed by atoms with Crippen LogP contribution in [0.5, 0.6) is 0 Å². The fourth-order valence-electron chi connectivity index (χ4n) is 3.14. The van der Waals surface area contributed by atoms with E-state index in [0.29, 0.717) is 30.0 Å². The minimum absolute atomic E-state index is 0.0395. The third-order valence-electron chi connectivity index (χ3n) is 4.49. The fraction of sp³-hybridized carbons (Fsp3) is 0.333. The Morgan fingerprint density at radius 2 is 1.96 bits per heavy atom. The van der Waals surface area contributed by atoms with E-state index in [-0.39, 0.29) is 24.2 Å². The number of piperidine rings is 1. The number of rotatable bonds is 5.